The van der Waals surface area contributed by atoms with Crippen LogP contribution in [-0.4, -0.2) is 40.8 Å². The van der Waals surface area contributed by atoms with Gasteiger partial charge in [0.15, 0.2) is 11.6 Å². The molecule has 1 rings (SSSR count). The number of pyridine rings is 1. The summed E-state index contributed by atoms with van der Waals surface area (Å²) in [5.41, 5.74) is 0.676. The van der Waals surface area contributed by atoms with E-state index in [9.17, 15) is 9.59 Å². The van der Waals surface area contributed by atoms with Gasteiger partial charge in [-0.3, -0.25) is 9.59 Å². The summed E-state index contributed by atoms with van der Waals surface area (Å²) in [5, 5.41) is 20.1. The summed E-state index contributed by atoms with van der Waals surface area (Å²) in [6.07, 6.45) is -0.448. The highest BCUT2D eigenvalue weighted by atomic mass is 16.5. The number of ether oxygens (including phenoxy) is 1. The molecule has 0 bridgehead atoms. The van der Waals surface area contributed by atoms with Crippen LogP contribution in [0.5, 0.6) is 5.75 Å². The monoisotopic (exact) mass is 268 g/mol. The van der Waals surface area contributed by atoms with Crippen molar-refractivity contribution in [2.75, 3.05) is 19.0 Å². The number of aliphatic hydroxyl groups excluding tert-OH is 1. The Morgan fingerprint density at radius 2 is 2.16 bits per heavy atom. The van der Waals surface area contributed by atoms with Crippen molar-refractivity contribution in [1.29, 1.82) is 0 Å². The molecule has 104 valence electrons. The quantitative estimate of drug-likeness (QED) is 0.690. The lowest BCUT2D eigenvalue weighted by Crippen LogP contribution is -2.28. The van der Waals surface area contributed by atoms with Gasteiger partial charge in [-0.15, -0.1) is 0 Å². The Morgan fingerprint density at radius 3 is 2.68 bits per heavy atom. The molecular formula is C12H16N2O5. The van der Waals surface area contributed by atoms with Crippen molar-refractivity contribution in [3.63, 3.8) is 0 Å². The van der Waals surface area contributed by atoms with E-state index in [0.717, 1.165) is 0 Å². The van der Waals surface area contributed by atoms with Crippen molar-refractivity contribution < 1.29 is 24.5 Å². The number of nitrogens with one attached hydrogen (secondary N) is 1. The standard InChI is InChI=1S/C12H16N2O5/c1-7-3-4-9(19-2)11(13-7)14-12(18)8(6-15)5-10(16)17/h3-4,8,15H,5-6H2,1-2H3,(H,16,17)(H,13,14,18). The molecule has 0 aliphatic heterocycles. The summed E-state index contributed by atoms with van der Waals surface area (Å²) >= 11 is 0. The van der Waals surface area contributed by atoms with Crippen molar-refractivity contribution >= 4 is 17.7 Å². The fourth-order valence-corrected chi connectivity index (χ4v) is 1.47. The Balaban J connectivity index is 2.85. The van der Waals surface area contributed by atoms with Gasteiger partial charge in [0.05, 0.1) is 26.1 Å². The highest BCUT2D eigenvalue weighted by Crippen LogP contribution is 2.22. The molecule has 0 fully saturated rings. The second kappa shape index (κ2) is 6.69. The predicted molar refractivity (Wildman–Crippen MR) is 67.0 cm³/mol. The van der Waals surface area contributed by atoms with Crippen LogP contribution in [0.1, 0.15) is 12.1 Å². The number of amides is 1. The van der Waals surface area contributed by atoms with Crippen molar-refractivity contribution in [2.45, 2.75) is 13.3 Å². The van der Waals surface area contributed by atoms with Gasteiger partial charge in [0.1, 0.15) is 0 Å². The minimum Gasteiger partial charge on any atom is -0.493 e. The van der Waals surface area contributed by atoms with E-state index in [4.69, 9.17) is 14.9 Å². The lowest BCUT2D eigenvalue weighted by atomic mass is 10.1. The maximum atomic E-state index is 11.8. The zero-order chi connectivity index (χ0) is 14.4. The molecule has 1 amide bonds. The van der Waals surface area contributed by atoms with Crippen LogP contribution in [0.25, 0.3) is 0 Å². The molecule has 0 aliphatic carbocycles. The number of anilines is 1. The van der Waals surface area contributed by atoms with Crippen molar-refractivity contribution in [3.05, 3.63) is 17.8 Å². The summed E-state index contributed by atoms with van der Waals surface area (Å²) in [6.45, 7) is 1.20. The largest absolute Gasteiger partial charge is 0.493 e. The van der Waals surface area contributed by atoms with E-state index in [1.807, 2.05) is 0 Å². The number of hydrogen-bond acceptors (Lipinski definition) is 5. The van der Waals surface area contributed by atoms with E-state index < -0.39 is 30.8 Å². The van der Waals surface area contributed by atoms with E-state index in [1.54, 1.807) is 19.1 Å². The number of carboxylic acids is 1. The van der Waals surface area contributed by atoms with Crippen LogP contribution in [0, 0.1) is 12.8 Å². The molecule has 1 aromatic rings. The lowest BCUT2D eigenvalue weighted by molar-refractivity contribution is -0.140. The number of carboxylic acid groups (broad SMARTS) is 1. The number of aliphatic hydroxyl groups is 1. The number of rotatable bonds is 6. The van der Waals surface area contributed by atoms with Crippen LogP contribution in [0.15, 0.2) is 12.1 Å². The second-order valence-corrected chi connectivity index (χ2v) is 3.97. The maximum Gasteiger partial charge on any atom is 0.304 e. The molecule has 1 heterocycles. The first-order chi connectivity index (χ1) is 8.97. The number of aromatic nitrogens is 1. The van der Waals surface area contributed by atoms with E-state index in [1.165, 1.54) is 7.11 Å². The van der Waals surface area contributed by atoms with Gasteiger partial charge in [-0.25, -0.2) is 4.98 Å². The van der Waals surface area contributed by atoms with Crippen LogP contribution in [0.4, 0.5) is 5.82 Å². The number of methoxy groups -OCH3 is 1. The van der Waals surface area contributed by atoms with Gasteiger partial charge in [-0.1, -0.05) is 0 Å². The summed E-state index contributed by atoms with van der Waals surface area (Å²) in [7, 11) is 1.43. The number of carbonyl (C=O) groups excluding carboxylic acids is 1. The van der Waals surface area contributed by atoms with Crippen LogP contribution in [0.2, 0.25) is 0 Å². The molecule has 0 aliphatic rings. The van der Waals surface area contributed by atoms with Crippen molar-refractivity contribution in [3.8, 4) is 5.75 Å². The molecule has 0 spiro atoms. The highest BCUT2D eigenvalue weighted by Gasteiger charge is 2.22. The summed E-state index contributed by atoms with van der Waals surface area (Å²) in [6, 6.07) is 3.36. The van der Waals surface area contributed by atoms with Crippen molar-refractivity contribution in [1.82, 2.24) is 4.98 Å². The zero-order valence-corrected chi connectivity index (χ0v) is 10.7. The molecule has 1 unspecified atom stereocenters. The lowest BCUT2D eigenvalue weighted by Gasteiger charge is -2.14. The molecule has 1 atom stereocenters. The Bertz CT molecular complexity index is 475. The fraction of sp³-hybridized carbons (Fsp3) is 0.417. The second-order valence-electron chi connectivity index (χ2n) is 3.97. The Labute approximate surface area is 110 Å². The van der Waals surface area contributed by atoms with E-state index >= 15 is 0 Å². The van der Waals surface area contributed by atoms with E-state index in [-0.39, 0.29) is 5.82 Å². The van der Waals surface area contributed by atoms with Crippen LogP contribution >= 0.6 is 0 Å². The third kappa shape index (κ3) is 4.22. The molecule has 19 heavy (non-hydrogen) atoms. The molecule has 7 heteroatoms. The highest BCUT2D eigenvalue weighted by molar-refractivity contribution is 5.94. The molecule has 0 radical (unpaired) electrons. The predicted octanol–water partition coefficient (Wildman–Crippen LogP) is 0.420. The summed E-state index contributed by atoms with van der Waals surface area (Å²) in [4.78, 5) is 26.5. The minimum absolute atomic E-state index is 0.205. The van der Waals surface area contributed by atoms with Crippen LogP contribution < -0.4 is 10.1 Å². The molecule has 1 aromatic heterocycles. The molecule has 0 saturated heterocycles. The third-order valence-electron chi connectivity index (χ3n) is 2.47. The molecule has 0 saturated carbocycles. The van der Waals surface area contributed by atoms with Crippen molar-refractivity contribution in [2.24, 2.45) is 5.92 Å². The Hall–Kier alpha value is -2.15. The number of aryl methyl sites for hydroxylation is 1. The smallest absolute Gasteiger partial charge is 0.304 e. The SMILES string of the molecule is COc1ccc(C)nc1NC(=O)C(CO)CC(=O)O. The number of nitrogens with zero attached hydrogens (tertiary/aromatic N) is 1. The first-order valence-corrected chi connectivity index (χ1v) is 5.63. The van der Waals surface area contributed by atoms with Crippen LogP contribution in [0.3, 0.4) is 0 Å². The topological polar surface area (TPSA) is 109 Å². The first kappa shape index (κ1) is 14.9. The molecular weight excluding hydrogens is 252 g/mol. The van der Waals surface area contributed by atoms with Gasteiger partial charge >= 0.3 is 5.97 Å². The first-order valence-electron chi connectivity index (χ1n) is 5.63. The number of carbonyl (C=O) groups is 2. The fourth-order valence-electron chi connectivity index (χ4n) is 1.47. The maximum absolute atomic E-state index is 11.8. The minimum atomic E-state index is -1.15. The van der Waals surface area contributed by atoms with Gasteiger partial charge < -0.3 is 20.3 Å². The van der Waals surface area contributed by atoms with Gasteiger partial charge in [0.2, 0.25) is 5.91 Å². The van der Waals surface area contributed by atoms with Gasteiger partial charge in [0.25, 0.3) is 0 Å². The van der Waals surface area contributed by atoms with Gasteiger partial charge in [0, 0.05) is 5.69 Å². The average molecular weight is 268 g/mol. The van der Waals surface area contributed by atoms with Crippen LogP contribution in [-0.2, 0) is 9.59 Å². The molecule has 0 aromatic carbocycles. The third-order valence-corrected chi connectivity index (χ3v) is 2.47. The Morgan fingerprint density at radius 1 is 1.47 bits per heavy atom. The average Bonchev–Trinajstić information content (AvgIpc) is 2.35. The summed E-state index contributed by atoms with van der Waals surface area (Å²) < 4.78 is 5.04. The van der Waals surface area contributed by atoms with Gasteiger partial charge in [-0.05, 0) is 19.1 Å². The summed E-state index contributed by atoms with van der Waals surface area (Å²) in [5.74, 6) is -2.22. The number of hydrogen-bond donors (Lipinski definition) is 3. The molecule has 7 nitrogen and oxygen atoms in total. The zero-order valence-electron chi connectivity index (χ0n) is 10.7. The normalized spacial score (nSPS) is 11.7. The molecule has 3 N–H and O–H groups in total. The van der Waals surface area contributed by atoms with E-state index in [2.05, 4.69) is 10.3 Å². The van der Waals surface area contributed by atoms with Gasteiger partial charge in [-0.2, -0.15) is 0 Å². The number of aliphatic carboxylic acids is 1. The van der Waals surface area contributed by atoms with E-state index in [0.29, 0.717) is 11.4 Å². The Kier molecular flexibility index (Phi) is 5.25.